The first-order chi connectivity index (χ1) is 16.7. The summed E-state index contributed by atoms with van der Waals surface area (Å²) in [6.45, 7) is 6.77. The van der Waals surface area contributed by atoms with Crippen molar-refractivity contribution >= 4 is 29.3 Å². The topological polar surface area (TPSA) is 115 Å². The molecular formula is C26H33N3O6. The van der Waals surface area contributed by atoms with Crippen molar-refractivity contribution in [2.45, 2.75) is 45.3 Å². The number of carbonyl (C=O) groups excluding carboxylic acids is 3. The van der Waals surface area contributed by atoms with Crippen LogP contribution in [0.3, 0.4) is 0 Å². The summed E-state index contributed by atoms with van der Waals surface area (Å²) in [5, 5.41) is 8.68. The lowest BCUT2D eigenvalue weighted by Gasteiger charge is -2.31. The molecule has 2 amide bonds. The Morgan fingerprint density at radius 3 is 2.11 bits per heavy atom. The highest BCUT2D eigenvalue weighted by Gasteiger charge is 2.36. The van der Waals surface area contributed by atoms with Gasteiger partial charge in [0.2, 0.25) is 6.10 Å². The Labute approximate surface area is 205 Å². The summed E-state index contributed by atoms with van der Waals surface area (Å²) in [6, 6.07) is 13.4. The maximum absolute atomic E-state index is 12.8. The summed E-state index contributed by atoms with van der Waals surface area (Å²) >= 11 is 0. The zero-order valence-corrected chi connectivity index (χ0v) is 20.6. The number of amides is 2. The van der Waals surface area contributed by atoms with Crippen LogP contribution < -0.4 is 20.7 Å². The number of benzene rings is 2. The van der Waals surface area contributed by atoms with E-state index in [4.69, 9.17) is 14.2 Å². The lowest BCUT2D eigenvalue weighted by atomic mass is 9.92. The first kappa shape index (κ1) is 26.0. The molecule has 3 rings (SSSR count). The van der Waals surface area contributed by atoms with Crippen LogP contribution >= 0.6 is 0 Å². The number of piperidine rings is 1. The molecule has 3 N–H and O–H groups in total. The molecule has 9 heteroatoms. The normalized spacial score (nSPS) is 15.0. The quantitative estimate of drug-likeness (QED) is 0.506. The standard InChI is InChI=1S/C26H33N3O6/c1-26(2,3)35-24(31)22(17-13-15-27-16-14-17)34-25(32)29-21-8-6-5-7-20(21)28-23(30)18-9-11-19(33-4)12-10-18/h5-12,17,22,27H,13-16H2,1-4H3,(H,28,30)(H,29,32). The van der Waals surface area contributed by atoms with Crippen molar-refractivity contribution in [1.82, 2.24) is 5.32 Å². The van der Waals surface area contributed by atoms with E-state index in [9.17, 15) is 14.4 Å². The van der Waals surface area contributed by atoms with E-state index in [1.54, 1.807) is 76.4 Å². The lowest BCUT2D eigenvalue weighted by molar-refractivity contribution is -0.168. The van der Waals surface area contributed by atoms with Crippen LogP contribution in [0, 0.1) is 5.92 Å². The molecule has 0 spiro atoms. The van der Waals surface area contributed by atoms with E-state index in [0.717, 1.165) is 13.1 Å². The molecule has 0 aliphatic carbocycles. The fourth-order valence-electron chi connectivity index (χ4n) is 3.74. The van der Waals surface area contributed by atoms with Crippen molar-refractivity contribution in [2.24, 2.45) is 5.92 Å². The molecule has 188 valence electrons. The second kappa shape index (κ2) is 11.7. The summed E-state index contributed by atoms with van der Waals surface area (Å²) < 4.78 is 16.2. The van der Waals surface area contributed by atoms with E-state index in [1.165, 1.54) is 0 Å². The van der Waals surface area contributed by atoms with Crippen LogP contribution in [0.25, 0.3) is 0 Å². The highest BCUT2D eigenvalue weighted by molar-refractivity contribution is 6.07. The van der Waals surface area contributed by atoms with Crippen molar-refractivity contribution in [3.05, 3.63) is 54.1 Å². The van der Waals surface area contributed by atoms with Crippen molar-refractivity contribution in [3.63, 3.8) is 0 Å². The van der Waals surface area contributed by atoms with Crippen LogP contribution in [-0.4, -0.2) is 49.9 Å². The van der Waals surface area contributed by atoms with Crippen LogP contribution in [0.15, 0.2) is 48.5 Å². The predicted molar refractivity (Wildman–Crippen MR) is 133 cm³/mol. The first-order valence-corrected chi connectivity index (χ1v) is 11.6. The van der Waals surface area contributed by atoms with E-state index < -0.39 is 23.8 Å². The smallest absolute Gasteiger partial charge is 0.412 e. The van der Waals surface area contributed by atoms with Crippen molar-refractivity contribution in [3.8, 4) is 5.75 Å². The molecule has 2 aromatic carbocycles. The number of nitrogens with one attached hydrogen (secondary N) is 3. The number of anilines is 2. The van der Waals surface area contributed by atoms with Gasteiger partial charge in [-0.1, -0.05) is 12.1 Å². The average molecular weight is 484 g/mol. The molecule has 1 aliphatic rings. The zero-order valence-electron chi connectivity index (χ0n) is 20.6. The van der Waals surface area contributed by atoms with Crippen LogP contribution in [0.4, 0.5) is 16.2 Å². The average Bonchev–Trinajstić information content (AvgIpc) is 2.83. The van der Waals surface area contributed by atoms with Crippen LogP contribution in [-0.2, 0) is 14.3 Å². The number of hydrogen-bond acceptors (Lipinski definition) is 7. The third-order valence-corrected chi connectivity index (χ3v) is 5.45. The van der Waals surface area contributed by atoms with Crippen LogP contribution in [0.5, 0.6) is 5.75 Å². The second-order valence-electron chi connectivity index (χ2n) is 9.30. The largest absolute Gasteiger partial charge is 0.497 e. The first-order valence-electron chi connectivity index (χ1n) is 11.6. The molecule has 0 radical (unpaired) electrons. The molecular weight excluding hydrogens is 450 g/mol. The van der Waals surface area contributed by atoms with Gasteiger partial charge in [-0.05, 0) is 83.1 Å². The predicted octanol–water partition coefficient (Wildman–Crippen LogP) is 4.21. The molecule has 1 saturated heterocycles. The Morgan fingerprint density at radius 2 is 1.54 bits per heavy atom. The van der Waals surface area contributed by atoms with Gasteiger partial charge < -0.3 is 24.8 Å². The number of hydrogen-bond donors (Lipinski definition) is 3. The minimum Gasteiger partial charge on any atom is -0.497 e. The van der Waals surface area contributed by atoms with Gasteiger partial charge in [-0.3, -0.25) is 10.1 Å². The fraction of sp³-hybridized carbons (Fsp3) is 0.423. The summed E-state index contributed by atoms with van der Waals surface area (Å²) in [5.74, 6) is -0.432. The summed E-state index contributed by atoms with van der Waals surface area (Å²) in [7, 11) is 1.55. The van der Waals surface area contributed by atoms with Gasteiger partial charge in [0, 0.05) is 11.5 Å². The molecule has 1 fully saturated rings. The number of ether oxygens (including phenoxy) is 3. The van der Waals surface area contributed by atoms with E-state index in [1.807, 2.05) is 0 Å². The molecule has 0 aromatic heterocycles. The number of rotatable bonds is 7. The van der Waals surface area contributed by atoms with Gasteiger partial charge in [0.1, 0.15) is 11.4 Å². The highest BCUT2D eigenvalue weighted by atomic mass is 16.6. The van der Waals surface area contributed by atoms with Crippen LogP contribution in [0.2, 0.25) is 0 Å². The molecule has 1 unspecified atom stereocenters. The monoisotopic (exact) mass is 483 g/mol. The highest BCUT2D eigenvalue weighted by Crippen LogP contribution is 2.25. The Kier molecular flexibility index (Phi) is 8.70. The van der Waals surface area contributed by atoms with Gasteiger partial charge in [-0.15, -0.1) is 0 Å². The fourth-order valence-corrected chi connectivity index (χ4v) is 3.74. The maximum atomic E-state index is 12.8. The van der Waals surface area contributed by atoms with E-state index in [0.29, 0.717) is 35.5 Å². The van der Waals surface area contributed by atoms with E-state index >= 15 is 0 Å². The van der Waals surface area contributed by atoms with Crippen LogP contribution in [0.1, 0.15) is 44.0 Å². The second-order valence-corrected chi connectivity index (χ2v) is 9.30. The third-order valence-electron chi connectivity index (χ3n) is 5.45. The van der Waals surface area contributed by atoms with Gasteiger partial charge in [-0.25, -0.2) is 9.59 Å². The molecule has 0 saturated carbocycles. The third kappa shape index (κ3) is 7.71. The minimum absolute atomic E-state index is 0.151. The lowest BCUT2D eigenvalue weighted by Crippen LogP contribution is -2.44. The number of carbonyl (C=O) groups is 3. The number of esters is 1. The van der Waals surface area contributed by atoms with Gasteiger partial charge in [-0.2, -0.15) is 0 Å². The molecule has 35 heavy (non-hydrogen) atoms. The van der Waals surface area contributed by atoms with Gasteiger partial charge in [0.05, 0.1) is 18.5 Å². The Morgan fingerprint density at radius 1 is 0.943 bits per heavy atom. The van der Waals surface area contributed by atoms with Crippen molar-refractivity contribution < 1.29 is 28.6 Å². The van der Waals surface area contributed by atoms with E-state index in [2.05, 4.69) is 16.0 Å². The number of para-hydroxylation sites is 2. The molecule has 1 atom stereocenters. The molecule has 9 nitrogen and oxygen atoms in total. The Bertz CT molecular complexity index is 1030. The maximum Gasteiger partial charge on any atom is 0.412 e. The van der Waals surface area contributed by atoms with E-state index in [-0.39, 0.29) is 11.8 Å². The van der Waals surface area contributed by atoms with Gasteiger partial charge in [0.25, 0.3) is 5.91 Å². The molecule has 0 bridgehead atoms. The van der Waals surface area contributed by atoms with Crippen molar-refractivity contribution in [2.75, 3.05) is 30.8 Å². The Balaban J connectivity index is 1.70. The summed E-state index contributed by atoms with van der Waals surface area (Å²) in [5.41, 5.74) is 0.452. The zero-order chi connectivity index (χ0) is 25.4. The van der Waals surface area contributed by atoms with Crippen molar-refractivity contribution in [1.29, 1.82) is 0 Å². The Hall–Kier alpha value is -3.59. The minimum atomic E-state index is -1.03. The summed E-state index contributed by atoms with van der Waals surface area (Å²) in [6.07, 6.45) is -0.458. The van der Waals surface area contributed by atoms with Gasteiger partial charge >= 0.3 is 12.1 Å². The molecule has 1 aliphatic heterocycles. The summed E-state index contributed by atoms with van der Waals surface area (Å²) in [4.78, 5) is 38.4. The SMILES string of the molecule is COc1ccc(C(=O)Nc2ccccc2NC(=O)OC(C(=O)OC(C)(C)C)C2CCNCC2)cc1. The number of methoxy groups -OCH3 is 1. The molecule has 1 heterocycles. The molecule has 2 aromatic rings. The van der Waals surface area contributed by atoms with Gasteiger partial charge in [0.15, 0.2) is 0 Å².